The van der Waals surface area contributed by atoms with Crippen molar-refractivity contribution < 1.29 is 15.0 Å². The molecule has 2 N–H and O–H groups in total. The first-order chi connectivity index (χ1) is 6.35. The molecule has 0 aromatic carbocycles. The fourth-order valence-electron chi connectivity index (χ4n) is 1.21. The Labute approximate surface area is 82.0 Å². The van der Waals surface area contributed by atoms with Gasteiger partial charge in [-0.2, -0.15) is 5.10 Å². The first-order valence-corrected chi connectivity index (χ1v) is 4.26. The Morgan fingerprint density at radius 2 is 2.21 bits per heavy atom. The molecule has 0 aliphatic carbocycles. The molecule has 14 heavy (non-hydrogen) atoms. The Morgan fingerprint density at radius 3 is 2.57 bits per heavy atom. The molecule has 5 heteroatoms. The summed E-state index contributed by atoms with van der Waals surface area (Å²) in [4.78, 5) is 10.6. The predicted octanol–water partition coefficient (Wildman–Crippen LogP) is 0.143. The van der Waals surface area contributed by atoms with Gasteiger partial charge in [-0.3, -0.25) is 4.68 Å². The van der Waals surface area contributed by atoms with E-state index in [2.05, 4.69) is 5.10 Å². The molecule has 0 bridgehead atoms. The van der Waals surface area contributed by atoms with Gasteiger partial charge in [0.15, 0.2) is 6.10 Å². The molecule has 1 atom stereocenters. The summed E-state index contributed by atoms with van der Waals surface area (Å²) in [5, 5.41) is 22.2. The summed E-state index contributed by atoms with van der Waals surface area (Å²) in [7, 11) is 1.74. The molecule has 1 unspecified atom stereocenters. The summed E-state index contributed by atoms with van der Waals surface area (Å²) < 4.78 is 1.58. The largest absolute Gasteiger partial charge is 0.479 e. The molecule has 0 amide bonds. The number of aryl methyl sites for hydroxylation is 1. The lowest BCUT2D eigenvalue weighted by molar-refractivity contribution is -0.150. The number of rotatable bonds is 3. The van der Waals surface area contributed by atoms with E-state index in [9.17, 15) is 9.90 Å². The standard InChI is InChI=1S/C9H14N2O3/c1-9(2,7(12)8(13)14)6-4-5-11(3)10-6/h4-5,7,12H,1-3H3,(H,13,14). The first kappa shape index (κ1) is 10.7. The van der Waals surface area contributed by atoms with E-state index in [-0.39, 0.29) is 0 Å². The second-order valence-electron chi connectivity index (χ2n) is 3.84. The van der Waals surface area contributed by atoms with Crippen LogP contribution in [0.3, 0.4) is 0 Å². The summed E-state index contributed by atoms with van der Waals surface area (Å²) in [5.74, 6) is -1.24. The van der Waals surface area contributed by atoms with Crippen molar-refractivity contribution in [3.63, 3.8) is 0 Å². The average Bonchev–Trinajstić information content (AvgIpc) is 2.50. The molecular formula is C9H14N2O3. The molecule has 0 spiro atoms. The van der Waals surface area contributed by atoms with Gasteiger partial charge in [0.1, 0.15) is 0 Å². The lowest BCUT2D eigenvalue weighted by atomic mass is 9.83. The minimum absolute atomic E-state index is 0.565. The van der Waals surface area contributed by atoms with Gasteiger partial charge in [-0.25, -0.2) is 4.79 Å². The molecule has 0 radical (unpaired) electrons. The fourth-order valence-corrected chi connectivity index (χ4v) is 1.21. The minimum Gasteiger partial charge on any atom is -0.479 e. The van der Waals surface area contributed by atoms with E-state index in [1.165, 1.54) is 0 Å². The van der Waals surface area contributed by atoms with Crippen LogP contribution in [0.15, 0.2) is 12.3 Å². The number of carbonyl (C=O) groups is 1. The molecule has 0 saturated carbocycles. The van der Waals surface area contributed by atoms with Crippen molar-refractivity contribution in [2.45, 2.75) is 25.4 Å². The number of carboxylic acids is 1. The van der Waals surface area contributed by atoms with E-state index in [0.717, 1.165) is 0 Å². The number of aromatic nitrogens is 2. The van der Waals surface area contributed by atoms with Gasteiger partial charge in [0.05, 0.1) is 5.69 Å². The average molecular weight is 198 g/mol. The van der Waals surface area contributed by atoms with E-state index in [4.69, 9.17) is 5.11 Å². The van der Waals surface area contributed by atoms with Gasteiger partial charge in [0.25, 0.3) is 0 Å². The normalized spacial score (nSPS) is 14.0. The van der Waals surface area contributed by atoms with Crippen LogP contribution in [0.25, 0.3) is 0 Å². The topological polar surface area (TPSA) is 75.4 Å². The monoisotopic (exact) mass is 198 g/mol. The van der Waals surface area contributed by atoms with Crippen LogP contribution >= 0.6 is 0 Å². The summed E-state index contributed by atoms with van der Waals surface area (Å²) in [6.07, 6.45) is 0.267. The number of hydrogen-bond acceptors (Lipinski definition) is 3. The zero-order valence-electron chi connectivity index (χ0n) is 8.43. The van der Waals surface area contributed by atoms with E-state index in [1.807, 2.05) is 0 Å². The number of aliphatic carboxylic acids is 1. The number of aliphatic hydroxyl groups excluding tert-OH is 1. The molecule has 0 aliphatic heterocycles. The maximum atomic E-state index is 10.6. The fraction of sp³-hybridized carbons (Fsp3) is 0.556. The van der Waals surface area contributed by atoms with Crippen molar-refractivity contribution in [3.8, 4) is 0 Å². The zero-order chi connectivity index (χ0) is 10.9. The van der Waals surface area contributed by atoms with Gasteiger partial charge in [0, 0.05) is 18.7 Å². The van der Waals surface area contributed by atoms with Gasteiger partial charge >= 0.3 is 5.97 Å². The maximum Gasteiger partial charge on any atom is 0.333 e. The molecule has 1 aromatic rings. The highest BCUT2D eigenvalue weighted by molar-refractivity contribution is 5.74. The third-order valence-corrected chi connectivity index (χ3v) is 2.29. The molecule has 5 nitrogen and oxygen atoms in total. The van der Waals surface area contributed by atoms with Crippen molar-refractivity contribution >= 4 is 5.97 Å². The number of aliphatic hydroxyl groups is 1. The van der Waals surface area contributed by atoms with Crippen LogP contribution in [0.5, 0.6) is 0 Å². The Morgan fingerprint density at radius 1 is 1.64 bits per heavy atom. The van der Waals surface area contributed by atoms with Crippen molar-refractivity contribution in [1.82, 2.24) is 9.78 Å². The number of nitrogens with zero attached hydrogens (tertiary/aromatic N) is 2. The van der Waals surface area contributed by atoms with E-state index in [0.29, 0.717) is 5.69 Å². The van der Waals surface area contributed by atoms with Crippen LogP contribution in [0.2, 0.25) is 0 Å². The Hall–Kier alpha value is -1.36. The molecule has 1 rings (SSSR count). The predicted molar refractivity (Wildman–Crippen MR) is 49.9 cm³/mol. The number of hydrogen-bond donors (Lipinski definition) is 2. The lowest BCUT2D eigenvalue weighted by Crippen LogP contribution is -2.40. The van der Waals surface area contributed by atoms with Crippen LogP contribution in [-0.2, 0) is 17.3 Å². The van der Waals surface area contributed by atoms with Gasteiger partial charge in [-0.1, -0.05) is 13.8 Å². The highest BCUT2D eigenvalue weighted by Crippen LogP contribution is 2.25. The third kappa shape index (κ3) is 1.77. The minimum atomic E-state index is -1.45. The second-order valence-corrected chi connectivity index (χ2v) is 3.84. The summed E-state index contributed by atoms with van der Waals surface area (Å²) in [5.41, 5.74) is -0.317. The Kier molecular flexibility index (Phi) is 2.62. The van der Waals surface area contributed by atoms with Crippen LogP contribution in [0.4, 0.5) is 0 Å². The van der Waals surface area contributed by atoms with E-state index in [1.54, 1.807) is 37.8 Å². The highest BCUT2D eigenvalue weighted by Gasteiger charge is 2.36. The van der Waals surface area contributed by atoms with Gasteiger partial charge in [-0.05, 0) is 6.07 Å². The summed E-state index contributed by atoms with van der Waals surface area (Å²) in [6.45, 7) is 3.29. The van der Waals surface area contributed by atoms with Gasteiger partial charge in [0.2, 0.25) is 0 Å². The summed E-state index contributed by atoms with van der Waals surface area (Å²) in [6, 6.07) is 1.70. The van der Waals surface area contributed by atoms with E-state index < -0.39 is 17.5 Å². The summed E-state index contributed by atoms with van der Waals surface area (Å²) >= 11 is 0. The number of carboxylic acid groups (broad SMARTS) is 1. The zero-order valence-corrected chi connectivity index (χ0v) is 8.43. The molecular weight excluding hydrogens is 184 g/mol. The van der Waals surface area contributed by atoms with Crippen molar-refractivity contribution in [1.29, 1.82) is 0 Å². The smallest absolute Gasteiger partial charge is 0.333 e. The molecule has 0 fully saturated rings. The van der Waals surface area contributed by atoms with Crippen LogP contribution in [-0.4, -0.2) is 32.1 Å². The Bertz CT molecular complexity index is 344. The second kappa shape index (κ2) is 3.42. The van der Waals surface area contributed by atoms with Crippen LogP contribution < -0.4 is 0 Å². The van der Waals surface area contributed by atoms with Gasteiger partial charge < -0.3 is 10.2 Å². The van der Waals surface area contributed by atoms with Crippen molar-refractivity contribution in [2.24, 2.45) is 7.05 Å². The molecule has 1 heterocycles. The first-order valence-electron chi connectivity index (χ1n) is 4.26. The molecule has 0 aliphatic rings. The third-order valence-electron chi connectivity index (χ3n) is 2.29. The van der Waals surface area contributed by atoms with Crippen molar-refractivity contribution in [2.75, 3.05) is 0 Å². The Balaban J connectivity index is 3.01. The highest BCUT2D eigenvalue weighted by atomic mass is 16.4. The lowest BCUT2D eigenvalue weighted by Gasteiger charge is -2.25. The molecule has 78 valence electrons. The van der Waals surface area contributed by atoms with Crippen LogP contribution in [0, 0.1) is 0 Å². The quantitative estimate of drug-likeness (QED) is 0.724. The van der Waals surface area contributed by atoms with Crippen LogP contribution in [0.1, 0.15) is 19.5 Å². The van der Waals surface area contributed by atoms with Crippen molar-refractivity contribution in [3.05, 3.63) is 18.0 Å². The SMILES string of the molecule is Cn1ccc(C(C)(C)C(O)C(=O)O)n1. The maximum absolute atomic E-state index is 10.6. The molecule has 1 aromatic heterocycles. The molecule has 0 saturated heterocycles. The van der Waals surface area contributed by atoms with Gasteiger partial charge in [-0.15, -0.1) is 0 Å². The van der Waals surface area contributed by atoms with E-state index >= 15 is 0 Å².